The molecule has 3 N–H and O–H groups in total. The van der Waals surface area contributed by atoms with Crippen molar-refractivity contribution in [2.45, 2.75) is 25.8 Å². The van der Waals surface area contributed by atoms with Gasteiger partial charge < -0.3 is 5.73 Å². The molecule has 0 radical (unpaired) electrons. The molecule has 18 heavy (non-hydrogen) atoms. The largest absolute Gasteiger partial charge is 0.398 e. The van der Waals surface area contributed by atoms with E-state index in [1.165, 1.54) is 4.31 Å². The van der Waals surface area contributed by atoms with Gasteiger partial charge in [-0.3, -0.25) is 0 Å². The van der Waals surface area contributed by atoms with Gasteiger partial charge in [0.2, 0.25) is 0 Å². The molecule has 0 spiro atoms. The first kappa shape index (κ1) is 13.3. The van der Waals surface area contributed by atoms with Crippen molar-refractivity contribution >= 4 is 15.9 Å². The van der Waals surface area contributed by atoms with Gasteiger partial charge in [-0.05, 0) is 24.5 Å². The number of nitrogens with zero attached hydrogens (tertiary/aromatic N) is 1. The van der Waals surface area contributed by atoms with Crippen LogP contribution in [-0.2, 0) is 16.8 Å². The average Bonchev–Trinajstić information content (AvgIpc) is 2.39. The molecule has 0 bridgehead atoms. The lowest BCUT2D eigenvalue weighted by Gasteiger charge is -2.26. The standard InChI is InChI=1S/C12H19N3O2S/c13-12-7-3-2-6-11(12)10-14-18(16,17)15-8-4-1-5-9-15/h2-3,6-7,14H,1,4-5,8-10,13H2. The summed E-state index contributed by atoms with van der Waals surface area (Å²) in [5.74, 6) is 0. The van der Waals surface area contributed by atoms with Crippen LogP contribution in [-0.4, -0.2) is 25.8 Å². The predicted molar refractivity (Wildman–Crippen MR) is 72.0 cm³/mol. The Morgan fingerprint density at radius 2 is 1.83 bits per heavy atom. The highest BCUT2D eigenvalue weighted by atomic mass is 32.2. The van der Waals surface area contributed by atoms with Gasteiger partial charge >= 0.3 is 0 Å². The fourth-order valence-corrected chi connectivity index (χ4v) is 3.32. The van der Waals surface area contributed by atoms with Crippen LogP contribution in [0.2, 0.25) is 0 Å². The number of anilines is 1. The van der Waals surface area contributed by atoms with Crippen LogP contribution >= 0.6 is 0 Å². The minimum Gasteiger partial charge on any atom is -0.398 e. The number of para-hydroxylation sites is 1. The predicted octanol–water partition coefficient (Wildman–Crippen LogP) is 1.09. The molecule has 6 heteroatoms. The van der Waals surface area contributed by atoms with Crippen molar-refractivity contribution in [2.24, 2.45) is 0 Å². The summed E-state index contributed by atoms with van der Waals surface area (Å²) in [7, 11) is -3.37. The molecule has 1 fully saturated rings. The summed E-state index contributed by atoms with van der Waals surface area (Å²) in [6, 6.07) is 7.28. The lowest BCUT2D eigenvalue weighted by Crippen LogP contribution is -2.43. The van der Waals surface area contributed by atoms with E-state index in [-0.39, 0.29) is 6.54 Å². The third-order valence-corrected chi connectivity index (χ3v) is 4.71. The second-order valence-corrected chi connectivity index (χ2v) is 6.24. The van der Waals surface area contributed by atoms with Crippen LogP contribution in [0.1, 0.15) is 24.8 Å². The van der Waals surface area contributed by atoms with E-state index in [1.54, 1.807) is 6.07 Å². The monoisotopic (exact) mass is 269 g/mol. The van der Waals surface area contributed by atoms with Gasteiger partial charge in [-0.15, -0.1) is 0 Å². The van der Waals surface area contributed by atoms with Gasteiger partial charge in [0.1, 0.15) is 0 Å². The maximum atomic E-state index is 12.0. The van der Waals surface area contributed by atoms with Crippen molar-refractivity contribution < 1.29 is 8.42 Å². The Morgan fingerprint density at radius 1 is 1.17 bits per heavy atom. The smallest absolute Gasteiger partial charge is 0.279 e. The van der Waals surface area contributed by atoms with Crippen LogP contribution in [0.15, 0.2) is 24.3 Å². The lowest BCUT2D eigenvalue weighted by molar-refractivity contribution is 0.341. The molecule has 0 amide bonds. The van der Waals surface area contributed by atoms with E-state index >= 15 is 0 Å². The van der Waals surface area contributed by atoms with Crippen LogP contribution in [0.25, 0.3) is 0 Å². The topological polar surface area (TPSA) is 75.4 Å². The fraction of sp³-hybridized carbons (Fsp3) is 0.500. The second-order valence-electron chi connectivity index (χ2n) is 4.48. The Morgan fingerprint density at radius 3 is 2.50 bits per heavy atom. The maximum absolute atomic E-state index is 12.0. The zero-order valence-corrected chi connectivity index (χ0v) is 11.1. The summed E-state index contributed by atoms with van der Waals surface area (Å²) in [4.78, 5) is 0. The molecule has 1 aromatic carbocycles. The molecule has 0 aromatic heterocycles. The Bertz CT molecular complexity index is 496. The van der Waals surface area contributed by atoms with Crippen LogP contribution < -0.4 is 10.5 Å². The van der Waals surface area contributed by atoms with Gasteiger partial charge in [0, 0.05) is 25.3 Å². The summed E-state index contributed by atoms with van der Waals surface area (Å²) in [5, 5.41) is 0. The van der Waals surface area contributed by atoms with E-state index in [9.17, 15) is 8.42 Å². The zero-order valence-electron chi connectivity index (χ0n) is 10.3. The summed E-state index contributed by atoms with van der Waals surface area (Å²) >= 11 is 0. The average molecular weight is 269 g/mol. The fourth-order valence-electron chi connectivity index (χ4n) is 2.06. The van der Waals surface area contributed by atoms with Gasteiger partial charge in [-0.1, -0.05) is 24.6 Å². The van der Waals surface area contributed by atoms with E-state index in [0.29, 0.717) is 18.8 Å². The van der Waals surface area contributed by atoms with E-state index in [2.05, 4.69) is 4.72 Å². The molecule has 0 saturated carbocycles. The first-order chi connectivity index (χ1) is 8.59. The molecule has 0 unspecified atom stereocenters. The third-order valence-electron chi connectivity index (χ3n) is 3.16. The highest BCUT2D eigenvalue weighted by molar-refractivity contribution is 7.87. The van der Waals surface area contributed by atoms with Crippen molar-refractivity contribution in [3.8, 4) is 0 Å². The first-order valence-electron chi connectivity index (χ1n) is 6.18. The van der Waals surface area contributed by atoms with E-state index < -0.39 is 10.2 Å². The van der Waals surface area contributed by atoms with E-state index in [1.807, 2.05) is 18.2 Å². The lowest BCUT2D eigenvalue weighted by atomic mass is 10.2. The molecular formula is C12H19N3O2S. The van der Waals surface area contributed by atoms with E-state index in [4.69, 9.17) is 5.73 Å². The summed E-state index contributed by atoms with van der Waals surface area (Å²) in [5.41, 5.74) is 7.19. The third kappa shape index (κ3) is 3.22. The Balaban J connectivity index is 1.98. The van der Waals surface area contributed by atoms with Crippen molar-refractivity contribution in [3.05, 3.63) is 29.8 Å². The van der Waals surface area contributed by atoms with Crippen LogP contribution in [0, 0.1) is 0 Å². The minimum atomic E-state index is -3.37. The van der Waals surface area contributed by atoms with Crippen LogP contribution in [0.5, 0.6) is 0 Å². The van der Waals surface area contributed by atoms with Crippen LogP contribution in [0.4, 0.5) is 5.69 Å². The Labute approximate surface area is 108 Å². The summed E-state index contributed by atoms with van der Waals surface area (Å²) in [6.45, 7) is 1.46. The Hall–Kier alpha value is -1.11. The Kier molecular flexibility index (Phi) is 4.21. The number of nitrogen functional groups attached to an aromatic ring is 1. The molecule has 0 aliphatic carbocycles. The molecular weight excluding hydrogens is 250 g/mol. The molecule has 1 aromatic rings. The quantitative estimate of drug-likeness (QED) is 0.803. The van der Waals surface area contributed by atoms with Crippen molar-refractivity contribution in [2.75, 3.05) is 18.8 Å². The van der Waals surface area contributed by atoms with E-state index in [0.717, 1.165) is 24.8 Å². The highest BCUT2D eigenvalue weighted by Crippen LogP contribution is 2.14. The molecule has 1 aliphatic rings. The van der Waals surface area contributed by atoms with Gasteiger partial charge in [0.05, 0.1) is 0 Å². The number of benzene rings is 1. The molecule has 1 heterocycles. The number of piperidine rings is 1. The highest BCUT2D eigenvalue weighted by Gasteiger charge is 2.23. The molecule has 0 atom stereocenters. The number of hydrogen-bond donors (Lipinski definition) is 2. The zero-order chi connectivity index (χ0) is 13.0. The second kappa shape index (κ2) is 5.69. The normalized spacial score (nSPS) is 17.8. The summed E-state index contributed by atoms with van der Waals surface area (Å²) in [6.07, 6.45) is 2.99. The van der Waals surface area contributed by atoms with Crippen molar-refractivity contribution in [1.29, 1.82) is 0 Å². The number of nitrogens with one attached hydrogen (secondary N) is 1. The van der Waals surface area contributed by atoms with Gasteiger partial charge in [0.25, 0.3) is 10.2 Å². The van der Waals surface area contributed by atoms with Crippen LogP contribution in [0.3, 0.4) is 0 Å². The minimum absolute atomic E-state index is 0.242. The van der Waals surface area contributed by atoms with Gasteiger partial charge in [-0.2, -0.15) is 17.4 Å². The number of rotatable bonds is 4. The van der Waals surface area contributed by atoms with Gasteiger partial charge in [-0.25, -0.2) is 0 Å². The SMILES string of the molecule is Nc1ccccc1CNS(=O)(=O)N1CCCCC1. The molecule has 2 rings (SSSR count). The number of nitrogens with two attached hydrogens (primary N) is 1. The molecule has 1 aliphatic heterocycles. The summed E-state index contributed by atoms with van der Waals surface area (Å²) < 4.78 is 28.2. The van der Waals surface area contributed by atoms with Crippen molar-refractivity contribution in [3.63, 3.8) is 0 Å². The maximum Gasteiger partial charge on any atom is 0.279 e. The first-order valence-corrected chi connectivity index (χ1v) is 7.62. The van der Waals surface area contributed by atoms with Crippen molar-refractivity contribution in [1.82, 2.24) is 9.03 Å². The number of hydrogen-bond acceptors (Lipinski definition) is 3. The molecule has 5 nitrogen and oxygen atoms in total. The van der Waals surface area contributed by atoms with Gasteiger partial charge in [0.15, 0.2) is 0 Å². The molecule has 100 valence electrons. The molecule has 1 saturated heterocycles.